The van der Waals surface area contributed by atoms with Crippen molar-refractivity contribution >= 4 is 0 Å². The first-order valence-electron chi connectivity index (χ1n) is 9.05. The zero-order chi connectivity index (χ0) is 15.5. The minimum Gasteiger partial charge on any atom is -0.508 e. The van der Waals surface area contributed by atoms with Gasteiger partial charge in [-0.1, -0.05) is 71.4 Å². The Hall–Kier alpha value is -0.980. The number of benzene rings is 1. The second-order valence-corrected chi connectivity index (χ2v) is 6.28. The van der Waals surface area contributed by atoms with Gasteiger partial charge in [-0.2, -0.15) is 0 Å². The molecule has 0 saturated carbocycles. The van der Waals surface area contributed by atoms with Gasteiger partial charge in [0.15, 0.2) is 0 Å². The lowest BCUT2D eigenvalue weighted by Gasteiger charge is -2.21. The molecule has 0 aromatic heterocycles. The normalized spacial score (nSPS) is 12.5. The van der Waals surface area contributed by atoms with Crippen LogP contribution in [0.2, 0.25) is 0 Å². The Morgan fingerprint density at radius 1 is 0.857 bits per heavy atom. The molecule has 0 spiro atoms. The van der Waals surface area contributed by atoms with Crippen LogP contribution in [0.5, 0.6) is 5.75 Å². The molecule has 1 heteroatoms. The molecule has 1 aromatic rings. The predicted molar refractivity (Wildman–Crippen MR) is 93.1 cm³/mol. The van der Waals surface area contributed by atoms with Gasteiger partial charge in [-0.05, 0) is 48.8 Å². The van der Waals surface area contributed by atoms with Crippen molar-refractivity contribution in [3.05, 3.63) is 29.3 Å². The van der Waals surface area contributed by atoms with Gasteiger partial charge < -0.3 is 5.11 Å². The molecule has 1 nitrogen and oxygen atoms in total. The Labute approximate surface area is 131 Å². The standard InChI is InChI=1S/C20H34O/c1-4-7-9-10-14-19-18(15-11-16-20(19)21)17(12-6-3)13-8-5-2/h11,15-17,21H,4-10,12-14H2,1-3H3. The van der Waals surface area contributed by atoms with Crippen LogP contribution in [0.15, 0.2) is 18.2 Å². The van der Waals surface area contributed by atoms with E-state index in [1.54, 1.807) is 0 Å². The van der Waals surface area contributed by atoms with E-state index in [0.29, 0.717) is 11.7 Å². The van der Waals surface area contributed by atoms with E-state index in [1.165, 1.54) is 68.9 Å². The summed E-state index contributed by atoms with van der Waals surface area (Å²) in [7, 11) is 0. The Bertz CT molecular complexity index is 383. The molecule has 0 bridgehead atoms. The third kappa shape index (κ3) is 6.11. The van der Waals surface area contributed by atoms with Crippen LogP contribution in [0.25, 0.3) is 0 Å². The summed E-state index contributed by atoms with van der Waals surface area (Å²) in [5.74, 6) is 1.14. The topological polar surface area (TPSA) is 20.2 Å². The summed E-state index contributed by atoms with van der Waals surface area (Å²) in [6, 6.07) is 6.14. The average molecular weight is 290 g/mol. The highest BCUT2D eigenvalue weighted by Gasteiger charge is 2.16. The first-order chi connectivity index (χ1) is 10.2. The van der Waals surface area contributed by atoms with E-state index in [-0.39, 0.29) is 0 Å². The van der Waals surface area contributed by atoms with Gasteiger partial charge >= 0.3 is 0 Å². The van der Waals surface area contributed by atoms with Crippen molar-refractivity contribution in [3.8, 4) is 5.75 Å². The maximum Gasteiger partial charge on any atom is 0.119 e. The number of unbranched alkanes of at least 4 members (excludes halogenated alkanes) is 4. The lowest BCUT2D eigenvalue weighted by molar-refractivity contribution is 0.460. The molecule has 0 fully saturated rings. The third-order valence-corrected chi connectivity index (χ3v) is 4.45. The highest BCUT2D eigenvalue weighted by Crippen LogP contribution is 2.34. The summed E-state index contributed by atoms with van der Waals surface area (Å²) in [5, 5.41) is 10.3. The van der Waals surface area contributed by atoms with Crippen LogP contribution >= 0.6 is 0 Å². The van der Waals surface area contributed by atoms with Crippen LogP contribution in [0.3, 0.4) is 0 Å². The van der Waals surface area contributed by atoms with Gasteiger partial charge in [0.1, 0.15) is 5.75 Å². The molecule has 0 aliphatic rings. The van der Waals surface area contributed by atoms with Crippen molar-refractivity contribution in [2.45, 2.75) is 90.9 Å². The first kappa shape index (κ1) is 18.1. The van der Waals surface area contributed by atoms with E-state index in [0.717, 1.165) is 6.42 Å². The number of phenols is 1. The molecule has 120 valence electrons. The number of hydrogen-bond acceptors (Lipinski definition) is 1. The lowest BCUT2D eigenvalue weighted by Crippen LogP contribution is -2.04. The molecule has 1 unspecified atom stereocenters. The van der Waals surface area contributed by atoms with Gasteiger partial charge in [0.25, 0.3) is 0 Å². The molecule has 21 heavy (non-hydrogen) atoms. The smallest absolute Gasteiger partial charge is 0.119 e. The number of hydrogen-bond donors (Lipinski definition) is 1. The van der Waals surface area contributed by atoms with Gasteiger partial charge in [0, 0.05) is 0 Å². The van der Waals surface area contributed by atoms with Crippen molar-refractivity contribution in [1.29, 1.82) is 0 Å². The Balaban J connectivity index is 2.84. The summed E-state index contributed by atoms with van der Waals surface area (Å²) in [4.78, 5) is 0. The minimum atomic E-state index is 0.515. The Morgan fingerprint density at radius 2 is 1.62 bits per heavy atom. The molecule has 0 radical (unpaired) electrons. The van der Waals surface area contributed by atoms with Gasteiger partial charge in [-0.3, -0.25) is 0 Å². The number of phenolic OH excluding ortho intramolecular Hbond substituents is 1. The molecular weight excluding hydrogens is 256 g/mol. The minimum absolute atomic E-state index is 0.515. The number of rotatable bonds is 11. The van der Waals surface area contributed by atoms with Crippen molar-refractivity contribution in [1.82, 2.24) is 0 Å². The Morgan fingerprint density at radius 3 is 2.29 bits per heavy atom. The van der Waals surface area contributed by atoms with E-state index in [4.69, 9.17) is 0 Å². The van der Waals surface area contributed by atoms with Gasteiger partial charge in [-0.25, -0.2) is 0 Å². The molecular formula is C20H34O. The Kier molecular flexibility index (Phi) is 9.21. The second kappa shape index (κ2) is 10.7. The summed E-state index contributed by atoms with van der Waals surface area (Å²) >= 11 is 0. The number of aromatic hydroxyl groups is 1. The molecule has 0 saturated heterocycles. The van der Waals surface area contributed by atoms with E-state index in [2.05, 4.69) is 26.8 Å². The fraction of sp³-hybridized carbons (Fsp3) is 0.700. The van der Waals surface area contributed by atoms with Crippen LogP contribution in [0.1, 0.15) is 95.6 Å². The lowest BCUT2D eigenvalue weighted by atomic mass is 9.85. The van der Waals surface area contributed by atoms with Gasteiger partial charge in [0.2, 0.25) is 0 Å². The molecule has 1 aromatic carbocycles. The summed E-state index contributed by atoms with van der Waals surface area (Å²) in [6.45, 7) is 6.77. The van der Waals surface area contributed by atoms with Crippen LogP contribution in [-0.4, -0.2) is 5.11 Å². The van der Waals surface area contributed by atoms with Crippen molar-refractivity contribution in [2.75, 3.05) is 0 Å². The SMILES string of the molecule is CCCCCCc1c(O)cccc1C(CCC)CCCC. The summed E-state index contributed by atoms with van der Waals surface area (Å²) in [5.41, 5.74) is 2.64. The first-order valence-corrected chi connectivity index (χ1v) is 9.05. The van der Waals surface area contributed by atoms with E-state index < -0.39 is 0 Å². The summed E-state index contributed by atoms with van der Waals surface area (Å²) in [6.07, 6.45) is 12.3. The quantitative estimate of drug-likeness (QED) is 0.456. The van der Waals surface area contributed by atoms with Crippen LogP contribution in [-0.2, 0) is 6.42 Å². The van der Waals surface area contributed by atoms with Crippen molar-refractivity contribution < 1.29 is 5.11 Å². The summed E-state index contributed by atoms with van der Waals surface area (Å²) < 4.78 is 0. The van der Waals surface area contributed by atoms with Crippen molar-refractivity contribution in [2.24, 2.45) is 0 Å². The van der Waals surface area contributed by atoms with Gasteiger partial charge in [0.05, 0.1) is 0 Å². The molecule has 0 aliphatic heterocycles. The third-order valence-electron chi connectivity index (χ3n) is 4.45. The van der Waals surface area contributed by atoms with E-state index in [9.17, 15) is 5.11 Å². The van der Waals surface area contributed by atoms with Gasteiger partial charge in [-0.15, -0.1) is 0 Å². The van der Waals surface area contributed by atoms with E-state index in [1.807, 2.05) is 12.1 Å². The maximum absolute atomic E-state index is 10.3. The van der Waals surface area contributed by atoms with Crippen LogP contribution in [0, 0.1) is 0 Å². The molecule has 1 rings (SSSR count). The average Bonchev–Trinajstić information content (AvgIpc) is 2.49. The van der Waals surface area contributed by atoms with E-state index >= 15 is 0 Å². The molecule has 0 amide bonds. The monoisotopic (exact) mass is 290 g/mol. The largest absolute Gasteiger partial charge is 0.508 e. The zero-order valence-electron chi connectivity index (χ0n) is 14.3. The predicted octanol–water partition coefficient (Wildman–Crippen LogP) is 6.59. The highest BCUT2D eigenvalue weighted by molar-refractivity contribution is 5.41. The molecule has 0 aliphatic carbocycles. The van der Waals surface area contributed by atoms with Crippen molar-refractivity contribution in [3.63, 3.8) is 0 Å². The van der Waals surface area contributed by atoms with Crippen LogP contribution in [0.4, 0.5) is 0 Å². The fourth-order valence-corrected chi connectivity index (χ4v) is 3.23. The molecule has 1 atom stereocenters. The second-order valence-electron chi connectivity index (χ2n) is 6.28. The fourth-order valence-electron chi connectivity index (χ4n) is 3.23. The zero-order valence-corrected chi connectivity index (χ0v) is 14.3. The maximum atomic E-state index is 10.3. The molecule has 0 heterocycles. The highest BCUT2D eigenvalue weighted by atomic mass is 16.3. The molecule has 1 N–H and O–H groups in total. The van der Waals surface area contributed by atoms with Crippen LogP contribution < -0.4 is 0 Å².